The van der Waals surface area contributed by atoms with Gasteiger partial charge in [0, 0.05) is 19.5 Å². The van der Waals surface area contributed by atoms with E-state index in [4.69, 9.17) is 9.57 Å². The molecule has 0 radical (unpaired) electrons. The van der Waals surface area contributed by atoms with Gasteiger partial charge in [0.05, 0.1) is 7.11 Å². The summed E-state index contributed by atoms with van der Waals surface area (Å²) in [6.45, 7) is 1.08. The van der Waals surface area contributed by atoms with E-state index < -0.39 is 17.7 Å². The van der Waals surface area contributed by atoms with Crippen molar-refractivity contribution in [2.75, 3.05) is 13.7 Å². The summed E-state index contributed by atoms with van der Waals surface area (Å²) in [5, 5.41) is 12.5. The molecular formula is C19H21NO4. The van der Waals surface area contributed by atoms with Gasteiger partial charge in [-0.15, -0.1) is 0 Å². The molecule has 0 aromatic heterocycles. The Bertz CT molecular complexity index is 676. The molecule has 0 amide bonds. The van der Waals surface area contributed by atoms with Gasteiger partial charge in [-0.25, -0.2) is 4.79 Å². The van der Waals surface area contributed by atoms with Crippen LogP contribution in [0.1, 0.15) is 23.7 Å². The van der Waals surface area contributed by atoms with Crippen LogP contribution >= 0.6 is 0 Å². The number of benzene rings is 2. The first-order valence-electron chi connectivity index (χ1n) is 7.95. The molecule has 2 atom stereocenters. The first kappa shape index (κ1) is 16.6. The summed E-state index contributed by atoms with van der Waals surface area (Å²) in [7, 11) is 1.31. The predicted octanol–water partition coefficient (Wildman–Crippen LogP) is 2.47. The van der Waals surface area contributed by atoms with Gasteiger partial charge in [-0.2, -0.15) is 5.06 Å². The molecule has 1 heterocycles. The van der Waals surface area contributed by atoms with Gasteiger partial charge >= 0.3 is 5.97 Å². The van der Waals surface area contributed by atoms with Crippen molar-refractivity contribution in [3.8, 4) is 0 Å². The third-order valence-corrected chi connectivity index (χ3v) is 4.31. The van der Waals surface area contributed by atoms with E-state index >= 15 is 0 Å². The maximum Gasteiger partial charge on any atom is 0.343 e. The molecule has 0 unspecified atom stereocenters. The average Bonchev–Trinajstić information content (AvgIpc) is 3.07. The van der Waals surface area contributed by atoms with Crippen molar-refractivity contribution in [3.63, 3.8) is 0 Å². The highest BCUT2D eigenvalue weighted by molar-refractivity contribution is 5.81. The molecule has 1 aliphatic heterocycles. The van der Waals surface area contributed by atoms with Crippen LogP contribution in [-0.2, 0) is 20.9 Å². The van der Waals surface area contributed by atoms with Gasteiger partial charge in [-0.1, -0.05) is 60.7 Å². The Morgan fingerprint density at radius 3 is 2.46 bits per heavy atom. The van der Waals surface area contributed by atoms with E-state index in [1.54, 1.807) is 17.2 Å². The maximum atomic E-state index is 12.4. The van der Waals surface area contributed by atoms with E-state index in [1.165, 1.54) is 7.11 Å². The van der Waals surface area contributed by atoms with Crippen LogP contribution in [-0.4, -0.2) is 35.4 Å². The Kier molecular flexibility index (Phi) is 4.94. The van der Waals surface area contributed by atoms with E-state index in [0.717, 1.165) is 5.56 Å². The van der Waals surface area contributed by atoms with Gasteiger partial charge in [-0.3, -0.25) is 4.84 Å². The van der Waals surface area contributed by atoms with Crippen LogP contribution in [0, 0.1) is 0 Å². The van der Waals surface area contributed by atoms with Gasteiger partial charge in [0.25, 0.3) is 0 Å². The number of hydroxylamine groups is 2. The Hall–Kier alpha value is -2.21. The van der Waals surface area contributed by atoms with E-state index in [0.29, 0.717) is 25.1 Å². The Morgan fingerprint density at radius 1 is 1.21 bits per heavy atom. The molecule has 2 aromatic rings. The van der Waals surface area contributed by atoms with Crippen LogP contribution in [0.3, 0.4) is 0 Å². The molecule has 0 bridgehead atoms. The minimum absolute atomic E-state index is 0.364. The monoisotopic (exact) mass is 327 g/mol. The van der Waals surface area contributed by atoms with Crippen LogP contribution < -0.4 is 0 Å². The van der Waals surface area contributed by atoms with Gasteiger partial charge in [0.15, 0.2) is 0 Å². The smallest absolute Gasteiger partial charge is 0.343 e. The van der Waals surface area contributed by atoms with Crippen molar-refractivity contribution in [3.05, 3.63) is 71.8 Å². The summed E-state index contributed by atoms with van der Waals surface area (Å²) < 4.78 is 4.93. The predicted molar refractivity (Wildman–Crippen MR) is 88.7 cm³/mol. The molecule has 2 aromatic carbocycles. The summed E-state index contributed by atoms with van der Waals surface area (Å²) in [6, 6.07) is 18.9. The largest absolute Gasteiger partial charge is 0.467 e. The Balaban J connectivity index is 1.82. The van der Waals surface area contributed by atoms with Crippen molar-refractivity contribution in [2.45, 2.75) is 24.7 Å². The van der Waals surface area contributed by atoms with Crippen LogP contribution in [0.4, 0.5) is 0 Å². The highest BCUT2D eigenvalue weighted by Gasteiger charge is 2.54. The molecule has 1 fully saturated rings. The van der Waals surface area contributed by atoms with E-state index in [1.807, 2.05) is 48.5 Å². The Morgan fingerprint density at radius 2 is 1.83 bits per heavy atom. The molecule has 5 nitrogen and oxygen atoms in total. The molecule has 0 spiro atoms. The zero-order valence-corrected chi connectivity index (χ0v) is 13.6. The van der Waals surface area contributed by atoms with Crippen molar-refractivity contribution in [1.29, 1.82) is 0 Å². The number of ether oxygens (including phenoxy) is 1. The van der Waals surface area contributed by atoms with Gasteiger partial charge in [-0.05, 0) is 11.1 Å². The number of hydrogen-bond acceptors (Lipinski definition) is 5. The number of aliphatic hydroxyl groups is 1. The minimum atomic E-state index is -1.41. The number of carbonyl (C=O) groups excluding carboxylic acids is 1. The molecule has 1 N–H and O–H groups in total. The number of carbonyl (C=O) groups is 1. The number of esters is 1. The molecule has 3 rings (SSSR count). The molecule has 1 aliphatic rings. The van der Waals surface area contributed by atoms with Crippen molar-refractivity contribution < 1.29 is 19.5 Å². The molecule has 0 aliphatic carbocycles. The summed E-state index contributed by atoms with van der Waals surface area (Å²) in [5.41, 5.74) is 0.294. The second kappa shape index (κ2) is 7.13. The second-order valence-electron chi connectivity index (χ2n) is 5.88. The first-order valence-corrected chi connectivity index (χ1v) is 7.95. The summed E-state index contributed by atoms with van der Waals surface area (Å²) in [5.74, 6) is -0.561. The molecule has 126 valence electrons. The zero-order chi connectivity index (χ0) is 17.0. The summed E-state index contributed by atoms with van der Waals surface area (Å²) in [4.78, 5) is 18.3. The SMILES string of the molecule is COC(=O)[C@@]1([C@@H](O)c2ccccc2)CCN(Cc2ccccc2)O1. The van der Waals surface area contributed by atoms with E-state index in [9.17, 15) is 9.90 Å². The lowest BCUT2D eigenvalue weighted by Crippen LogP contribution is -2.46. The van der Waals surface area contributed by atoms with Gasteiger partial charge in [0.2, 0.25) is 5.60 Å². The number of hydrogen-bond donors (Lipinski definition) is 1. The lowest BCUT2D eigenvalue weighted by molar-refractivity contribution is -0.240. The van der Waals surface area contributed by atoms with Crippen LogP contribution in [0.2, 0.25) is 0 Å². The highest BCUT2D eigenvalue weighted by Crippen LogP contribution is 2.39. The van der Waals surface area contributed by atoms with E-state index in [2.05, 4.69) is 0 Å². The fourth-order valence-electron chi connectivity index (χ4n) is 3.03. The van der Waals surface area contributed by atoms with Crippen LogP contribution in [0.5, 0.6) is 0 Å². The lowest BCUT2D eigenvalue weighted by Gasteiger charge is -2.31. The number of aliphatic hydroxyl groups excluding tert-OH is 1. The summed E-state index contributed by atoms with van der Waals surface area (Å²) in [6.07, 6.45) is -0.727. The third kappa shape index (κ3) is 3.19. The van der Waals surface area contributed by atoms with Crippen LogP contribution in [0.25, 0.3) is 0 Å². The zero-order valence-electron chi connectivity index (χ0n) is 13.6. The molecule has 24 heavy (non-hydrogen) atoms. The minimum Gasteiger partial charge on any atom is -0.467 e. The fraction of sp³-hybridized carbons (Fsp3) is 0.316. The Labute approximate surface area is 141 Å². The lowest BCUT2D eigenvalue weighted by atomic mass is 9.88. The van der Waals surface area contributed by atoms with E-state index in [-0.39, 0.29) is 0 Å². The normalized spacial score (nSPS) is 22.2. The average molecular weight is 327 g/mol. The third-order valence-electron chi connectivity index (χ3n) is 4.31. The molecule has 0 saturated carbocycles. The second-order valence-corrected chi connectivity index (χ2v) is 5.88. The highest BCUT2D eigenvalue weighted by atomic mass is 16.7. The quantitative estimate of drug-likeness (QED) is 0.855. The number of nitrogens with zero attached hydrogens (tertiary/aromatic N) is 1. The molecular weight excluding hydrogens is 306 g/mol. The summed E-state index contributed by atoms with van der Waals surface area (Å²) >= 11 is 0. The van der Waals surface area contributed by atoms with Crippen LogP contribution in [0.15, 0.2) is 60.7 Å². The number of methoxy groups -OCH3 is 1. The van der Waals surface area contributed by atoms with Gasteiger partial charge < -0.3 is 9.84 Å². The maximum absolute atomic E-state index is 12.4. The van der Waals surface area contributed by atoms with Gasteiger partial charge in [0.1, 0.15) is 6.10 Å². The molecule has 1 saturated heterocycles. The number of rotatable bonds is 5. The fourth-order valence-corrected chi connectivity index (χ4v) is 3.03. The first-order chi connectivity index (χ1) is 11.7. The van der Waals surface area contributed by atoms with Crippen molar-refractivity contribution in [2.24, 2.45) is 0 Å². The standard InChI is InChI=1S/C19H21NO4/c1-23-18(22)19(17(21)16-10-6-3-7-11-16)12-13-20(24-19)14-15-8-4-2-5-9-15/h2-11,17,21H,12-14H2,1H3/t17-,19-/m0/s1. The molecule has 5 heteroatoms. The van der Waals surface area contributed by atoms with Crippen molar-refractivity contribution in [1.82, 2.24) is 5.06 Å². The topological polar surface area (TPSA) is 59.0 Å². The van der Waals surface area contributed by atoms with Crippen molar-refractivity contribution >= 4 is 5.97 Å².